The van der Waals surface area contributed by atoms with Crippen molar-refractivity contribution in [3.05, 3.63) is 100 Å². The van der Waals surface area contributed by atoms with Crippen LogP contribution in [-0.2, 0) is 6.42 Å². The van der Waals surface area contributed by atoms with Gasteiger partial charge in [-0.15, -0.1) is 0 Å². The summed E-state index contributed by atoms with van der Waals surface area (Å²) < 4.78 is 0. The molecular formula is C27H27N3O2. The van der Waals surface area contributed by atoms with Crippen molar-refractivity contribution < 1.29 is 4.92 Å². The zero-order valence-electron chi connectivity index (χ0n) is 18.0. The molecule has 5 rings (SSSR count). The lowest BCUT2D eigenvalue weighted by Crippen LogP contribution is -2.34. The highest BCUT2D eigenvalue weighted by Gasteiger charge is 2.26. The summed E-state index contributed by atoms with van der Waals surface area (Å²) in [5.74, 6) is 0.524. The van der Waals surface area contributed by atoms with E-state index < -0.39 is 0 Å². The van der Waals surface area contributed by atoms with Gasteiger partial charge < -0.3 is 9.88 Å². The Bertz CT molecular complexity index is 1220. The van der Waals surface area contributed by atoms with Crippen LogP contribution in [0.3, 0.4) is 0 Å². The molecule has 3 aromatic carbocycles. The SMILES string of the molecule is O=[N+]([O-])c1cccc(CCN2CCC(c3c(-c4ccccc4)[nH]c4ccccc34)CC2)c1. The molecule has 5 heteroatoms. The second-order valence-electron chi connectivity index (χ2n) is 8.62. The van der Waals surface area contributed by atoms with Gasteiger partial charge in [0.15, 0.2) is 0 Å². The minimum atomic E-state index is -0.319. The van der Waals surface area contributed by atoms with E-state index in [0.717, 1.165) is 44.5 Å². The fourth-order valence-corrected chi connectivity index (χ4v) is 4.98. The molecule has 1 aliphatic rings. The Balaban J connectivity index is 1.30. The Morgan fingerprint density at radius 2 is 1.69 bits per heavy atom. The molecule has 4 aromatic rings. The number of piperidine rings is 1. The summed E-state index contributed by atoms with van der Waals surface area (Å²) in [5.41, 5.74) is 6.35. The third-order valence-corrected chi connectivity index (χ3v) is 6.64. The second kappa shape index (κ2) is 8.97. The number of non-ortho nitro benzene ring substituents is 1. The summed E-state index contributed by atoms with van der Waals surface area (Å²) >= 11 is 0. The first kappa shape index (κ1) is 20.5. The second-order valence-corrected chi connectivity index (χ2v) is 8.62. The van der Waals surface area contributed by atoms with Gasteiger partial charge in [-0.1, -0.05) is 60.7 Å². The summed E-state index contributed by atoms with van der Waals surface area (Å²) in [7, 11) is 0. The van der Waals surface area contributed by atoms with Crippen molar-refractivity contribution in [1.82, 2.24) is 9.88 Å². The van der Waals surface area contributed by atoms with Gasteiger partial charge in [0, 0.05) is 35.3 Å². The number of hydrogen-bond acceptors (Lipinski definition) is 3. The fourth-order valence-electron chi connectivity index (χ4n) is 4.98. The smallest absolute Gasteiger partial charge is 0.269 e. The lowest BCUT2D eigenvalue weighted by molar-refractivity contribution is -0.384. The molecule has 0 saturated carbocycles. The van der Waals surface area contributed by atoms with Gasteiger partial charge in [-0.2, -0.15) is 0 Å². The van der Waals surface area contributed by atoms with Crippen molar-refractivity contribution in [3.63, 3.8) is 0 Å². The third kappa shape index (κ3) is 4.16. The van der Waals surface area contributed by atoms with Gasteiger partial charge in [-0.3, -0.25) is 10.1 Å². The standard InChI is InChI=1S/C27H27N3O2/c31-30(32)23-10-6-7-20(19-23)13-16-29-17-14-21(15-18-29)26-24-11-4-5-12-25(24)28-27(26)22-8-2-1-3-9-22/h1-12,19,21,28H,13-18H2. The average molecular weight is 426 g/mol. The number of benzene rings is 3. The first-order chi connectivity index (χ1) is 15.7. The predicted molar refractivity (Wildman–Crippen MR) is 129 cm³/mol. The summed E-state index contributed by atoms with van der Waals surface area (Å²) in [6, 6.07) is 26.3. The van der Waals surface area contributed by atoms with Crippen LogP contribution in [-0.4, -0.2) is 34.4 Å². The third-order valence-electron chi connectivity index (χ3n) is 6.64. The molecule has 1 N–H and O–H groups in total. The van der Waals surface area contributed by atoms with Gasteiger partial charge in [0.2, 0.25) is 0 Å². The number of nitro benzene ring substituents is 1. The van der Waals surface area contributed by atoms with Gasteiger partial charge >= 0.3 is 0 Å². The molecule has 32 heavy (non-hydrogen) atoms. The van der Waals surface area contributed by atoms with E-state index in [1.807, 2.05) is 6.07 Å². The molecule has 162 valence electrons. The lowest BCUT2D eigenvalue weighted by Gasteiger charge is -2.32. The van der Waals surface area contributed by atoms with E-state index in [4.69, 9.17) is 0 Å². The number of para-hydroxylation sites is 1. The highest BCUT2D eigenvalue weighted by atomic mass is 16.6. The molecule has 5 nitrogen and oxygen atoms in total. The lowest BCUT2D eigenvalue weighted by atomic mass is 9.86. The summed E-state index contributed by atoms with van der Waals surface area (Å²) in [5, 5.41) is 12.4. The van der Waals surface area contributed by atoms with Crippen molar-refractivity contribution in [2.45, 2.75) is 25.2 Å². The highest BCUT2D eigenvalue weighted by molar-refractivity contribution is 5.91. The zero-order chi connectivity index (χ0) is 21.9. The normalized spacial score (nSPS) is 15.2. The molecule has 0 aliphatic carbocycles. The quantitative estimate of drug-likeness (QED) is 0.297. The Hall–Kier alpha value is -3.44. The average Bonchev–Trinajstić information content (AvgIpc) is 3.23. The van der Waals surface area contributed by atoms with Crippen molar-refractivity contribution in [3.8, 4) is 11.3 Å². The number of rotatable bonds is 6. The summed E-state index contributed by atoms with van der Waals surface area (Å²) in [4.78, 5) is 16.9. The van der Waals surface area contributed by atoms with Crippen molar-refractivity contribution in [2.24, 2.45) is 0 Å². The molecule has 0 spiro atoms. The van der Waals surface area contributed by atoms with E-state index in [9.17, 15) is 10.1 Å². The van der Waals surface area contributed by atoms with Crippen LogP contribution in [0.5, 0.6) is 0 Å². The number of nitro groups is 1. The minimum absolute atomic E-state index is 0.175. The van der Waals surface area contributed by atoms with Crippen LogP contribution in [0.25, 0.3) is 22.2 Å². The van der Waals surface area contributed by atoms with Crippen LogP contribution in [0, 0.1) is 10.1 Å². The number of hydrogen-bond donors (Lipinski definition) is 1. The molecule has 0 radical (unpaired) electrons. The van der Waals surface area contributed by atoms with Crippen molar-refractivity contribution in [2.75, 3.05) is 19.6 Å². The fraction of sp³-hybridized carbons (Fsp3) is 0.259. The predicted octanol–water partition coefficient (Wildman–Crippen LogP) is 6.17. The molecular weight excluding hydrogens is 398 g/mol. The van der Waals surface area contributed by atoms with E-state index in [-0.39, 0.29) is 10.6 Å². The number of fused-ring (bicyclic) bond motifs is 1. The van der Waals surface area contributed by atoms with E-state index in [1.165, 1.54) is 27.7 Å². The molecule has 1 fully saturated rings. The van der Waals surface area contributed by atoms with E-state index in [2.05, 4.69) is 64.5 Å². The topological polar surface area (TPSA) is 62.2 Å². The highest BCUT2D eigenvalue weighted by Crippen LogP contribution is 2.40. The van der Waals surface area contributed by atoms with E-state index in [1.54, 1.807) is 18.2 Å². The molecule has 0 unspecified atom stereocenters. The summed E-state index contributed by atoms with van der Waals surface area (Å²) in [6.07, 6.45) is 3.09. The van der Waals surface area contributed by atoms with Crippen LogP contribution in [0.2, 0.25) is 0 Å². The zero-order valence-corrected chi connectivity index (χ0v) is 18.0. The maximum Gasteiger partial charge on any atom is 0.269 e. The van der Waals surface area contributed by atoms with Gasteiger partial charge in [-0.25, -0.2) is 0 Å². The van der Waals surface area contributed by atoms with E-state index in [0.29, 0.717) is 5.92 Å². The molecule has 2 heterocycles. The number of aromatic amines is 1. The van der Waals surface area contributed by atoms with Gasteiger partial charge in [0.25, 0.3) is 5.69 Å². The Morgan fingerprint density at radius 1 is 0.938 bits per heavy atom. The van der Waals surface area contributed by atoms with Crippen molar-refractivity contribution >= 4 is 16.6 Å². The minimum Gasteiger partial charge on any atom is -0.354 e. The maximum atomic E-state index is 11.0. The van der Waals surface area contributed by atoms with Gasteiger partial charge in [0.05, 0.1) is 4.92 Å². The maximum absolute atomic E-state index is 11.0. The van der Waals surface area contributed by atoms with Gasteiger partial charge in [0.1, 0.15) is 0 Å². The van der Waals surface area contributed by atoms with Crippen LogP contribution in [0.15, 0.2) is 78.9 Å². The Kier molecular flexibility index (Phi) is 5.73. The Labute approximate surface area is 187 Å². The molecule has 1 aromatic heterocycles. The van der Waals surface area contributed by atoms with Crippen LogP contribution in [0.1, 0.15) is 29.9 Å². The largest absolute Gasteiger partial charge is 0.354 e. The molecule has 1 saturated heterocycles. The van der Waals surface area contributed by atoms with Crippen molar-refractivity contribution in [1.29, 1.82) is 0 Å². The van der Waals surface area contributed by atoms with Gasteiger partial charge in [-0.05, 0) is 61.0 Å². The first-order valence-electron chi connectivity index (χ1n) is 11.3. The molecule has 0 bridgehead atoms. The van der Waals surface area contributed by atoms with Crippen LogP contribution in [0.4, 0.5) is 5.69 Å². The van der Waals surface area contributed by atoms with Crippen LogP contribution < -0.4 is 0 Å². The number of H-pyrrole nitrogens is 1. The number of nitrogens with zero attached hydrogens (tertiary/aromatic N) is 2. The Morgan fingerprint density at radius 3 is 2.47 bits per heavy atom. The van der Waals surface area contributed by atoms with Crippen LogP contribution >= 0.6 is 0 Å². The molecule has 1 aliphatic heterocycles. The first-order valence-corrected chi connectivity index (χ1v) is 11.3. The number of nitrogens with one attached hydrogen (secondary N) is 1. The monoisotopic (exact) mass is 425 g/mol. The number of aromatic nitrogens is 1. The number of likely N-dealkylation sites (tertiary alicyclic amines) is 1. The summed E-state index contributed by atoms with van der Waals surface area (Å²) in [6.45, 7) is 3.04. The van der Waals surface area contributed by atoms with E-state index >= 15 is 0 Å². The molecule has 0 atom stereocenters. The molecule has 0 amide bonds.